The summed E-state index contributed by atoms with van der Waals surface area (Å²) in [6.45, 7) is 0. The molecule has 2 aromatic rings. The largest absolute Gasteiger partial charge is 0.497 e. The highest BCUT2D eigenvalue weighted by atomic mass is 35.5. The van der Waals surface area contributed by atoms with E-state index in [1.807, 2.05) is 0 Å². The van der Waals surface area contributed by atoms with Crippen LogP contribution in [0.1, 0.15) is 10.4 Å². The Hall–Kier alpha value is -2.14. The summed E-state index contributed by atoms with van der Waals surface area (Å²) in [5, 5.41) is 2.89. The van der Waals surface area contributed by atoms with Crippen LogP contribution in [0.2, 0.25) is 5.15 Å². The quantitative estimate of drug-likeness (QED) is 0.923. The maximum Gasteiger partial charge on any atom is 0.256 e. The zero-order valence-corrected chi connectivity index (χ0v) is 10.3. The number of amides is 1. The van der Waals surface area contributed by atoms with Gasteiger partial charge in [0.25, 0.3) is 5.91 Å². The van der Waals surface area contributed by atoms with Crippen molar-refractivity contribution in [2.45, 2.75) is 0 Å². The van der Waals surface area contributed by atoms with E-state index in [4.69, 9.17) is 16.3 Å². The third-order valence-electron chi connectivity index (χ3n) is 2.21. The molecule has 0 saturated carbocycles. The number of aromatic nitrogens is 2. The summed E-state index contributed by atoms with van der Waals surface area (Å²) >= 11 is 5.60. The van der Waals surface area contributed by atoms with E-state index >= 15 is 0 Å². The molecule has 92 valence electrons. The van der Waals surface area contributed by atoms with Crippen molar-refractivity contribution in [3.8, 4) is 5.75 Å². The van der Waals surface area contributed by atoms with Crippen molar-refractivity contribution >= 4 is 23.3 Å². The first-order valence-corrected chi connectivity index (χ1v) is 5.50. The molecule has 0 bridgehead atoms. The van der Waals surface area contributed by atoms with Gasteiger partial charge in [0, 0.05) is 5.56 Å². The number of methoxy groups -OCH3 is 1. The summed E-state index contributed by atoms with van der Waals surface area (Å²) in [5.41, 5.74) is 0.507. The lowest BCUT2D eigenvalue weighted by atomic mass is 10.2. The molecule has 0 saturated heterocycles. The van der Waals surface area contributed by atoms with Crippen LogP contribution in [0.15, 0.2) is 36.7 Å². The number of rotatable bonds is 3. The number of hydrogen-bond donors (Lipinski definition) is 1. The molecule has 0 fully saturated rings. The molecule has 1 heterocycles. The van der Waals surface area contributed by atoms with Crippen molar-refractivity contribution in [2.75, 3.05) is 12.4 Å². The second kappa shape index (κ2) is 5.46. The highest BCUT2D eigenvalue weighted by molar-refractivity contribution is 6.29. The van der Waals surface area contributed by atoms with Crippen LogP contribution in [-0.4, -0.2) is 23.0 Å². The number of benzene rings is 1. The summed E-state index contributed by atoms with van der Waals surface area (Å²) in [5.74, 6) is 0.771. The van der Waals surface area contributed by atoms with E-state index in [2.05, 4.69) is 15.3 Å². The fourth-order valence-electron chi connectivity index (χ4n) is 1.31. The Labute approximate surface area is 109 Å². The molecule has 0 aliphatic carbocycles. The Morgan fingerprint density at radius 1 is 1.22 bits per heavy atom. The van der Waals surface area contributed by atoms with Crippen LogP contribution in [0.5, 0.6) is 5.75 Å². The number of ether oxygens (including phenoxy) is 1. The zero-order chi connectivity index (χ0) is 13.0. The number of carbonyl (C=O) groups excluding carboxylic acids is 1. The van der Waals surface area contributed by atoms with Crippen molar-refractivity contribution in [2.24, 2.45) is 0 Å². The molecule has 0 atom stereocenters. The molecule has 1 aromatic carbocycles. The first-order valence-electron chi connectivity index (χ1n) is 5.12. The Morgan fingerprint density at radius 3 is 2.50 bits per heavy atom. The monoisotopic (exact) mass is 263 g/mol. The van der Waals surface area contributed by atoms with E-state index in [1.54, 1.807) is 31.4 Å². The van der Waals surface area contributed by atoms with Crippen molar-refractivity contribution < 1.29 is 9.53 Å². The number of carbonyl (C=O) groups is 1. The van der Waals surface area contributed by atoms with Crippen LogP contribution in [0.25, 0.3) is 0 Å². The molecule has 1 N–H and O–H groups in total. The number of nitrogens with one attached hydrogen (secondary N) is 1. The van der Waals surface area contributed by atoms with Gasteiger partial charge >= 0.3 is 0 Å². The topological polar surface area (TPSA) is 64.1 Å². The van der Waals surface area contributed by atoms with Crippen molar-refractivity contribution in [1.82, 2.24) is 9.97 Å². The molecule has 6 heteroatoms. The SMILES string of the molecule is COc1ccc(C(=O)Nc2cnc(Cl)cn2)cc1. The highest BCUT2D eigenvalue weighted by Gasteiger charge is 2.07. The average Bonchev–Trinajstić information content (AvgIpc) is 2.41. The first kappa shape index (κ1) is 12.3. The van der Waals surface area contributed by atoms with Gasteiger partial charge in [-0.15, -0.1) is 0 Å². The number of nitrogens with zero attached hydrogens (tertiary/aromatic N) is 2. The smallest absolute Gasteiger partial charge is 0.256 e. The van der Waals surface area contributed by atoms with Crippen molar-refractivity contribution in [3.63, 3.8) is 0 Å². The normalized spacial score (nSPS) is 9.89. The first-order chi connectivity index (χ1) is 8.69. The van der Waals surface area contributed by atoms with E-state index < -0.39 is 0 Å². The summed E-state index contributed by atoms with van der Waals surface area (Å²) in [7, 11) is 1.57. The molecular weight excluding hydrogens is 254 g/mol. The summed E-state index contributed by atoms with van der Waals surface area (Å²) in [6.07, 6.45) is 2.76. The minimum Gasteiger partial charge on any atom is -0.497 e. The van der Waals surface area contributed by atoms with Gasteiger partial charge in [0.2, 0.25) is 0 Å². The van der Waals surface area contributed by atoms with Crippen LogP contribution >= 0.6 is 11.6 Å². The van der Waals surface area contributed by atoms with Crippen LogP contribution in [0, 0.1) is 0 Å². The molecule has 2 rings (SSSR count). The van der Waals surface area contributed by atoms with Gasteiger partial charge < -0.3 is 10.1 Å². The Kier molecular flexibility index (Phi) is 3.74. The fraction of sp³-hybridized carbons (Fsp3) is 0.0833. The molecule has 5 nitrogen and oxygen atoms in total. The highest BCUT2D eigenvalue weighted by Crippen LogP contribution is 2.13. The number of hydrogen-bond acceptors (Lipinski definition) is 4. The average molecular weight is 264 g/mol. The van der Waals surface area contributed by atoms with E-state index in [1.165, 1.54) is 12.4 Å². The van der Waals surface area contributed by atoms with Gasteiger partial charge in [0.15, 0.2) is 5.82 Å². The van der Waals surface area contributed by atoms with Gasteiger partial charge in [-0.1, -0.05) is 11.6 Å². The molecule has 0 aliphatic heterocycles. The van der Waals surface area contributed by atoms with Crippen LogP contribution < -0.4 is 10.1 Å². The van der Waals surface area contributed by atoms with Crippen molar-refractivity contribution in [1.29, 1.82) is 0 Å². The molecule has 0 spiro atoms. The molecule has 0 aliphatic rings. The second-order valence-electron chi connectivity index (χ2n) is 3.41. The minimum absolute atomic E-state index is 0.269. The lowest BCUT2D eigenvalue weighted by molar-refractivity contribution is 0.102. The Morgan fingerprint density at radius 2 is 1.94 bits per heavy atom. The van der Waals surface area contributed by atoms with Gasteiger partial charge in [-0.05, 0) is 24.3 Å². The van der Waals surface area contributed by atoms with Gasteiger partial charge in [0.05, 0.1) is 19.5 Å². The standard InChI is InChI=1S/C12H10ClN3O2/c1-18-9-4-2-8(3-5-9)12(17)16-11-7-14-10(13)6-15-11/h2-7H,1H3,(H,15,16,17). The summed E-state index contributed by atoms with van der Waals surface area (Å²) in [6, 6.07) is 6.75. The van der Waals surface area contributed by atoms with E-state index in [0.717, 1.165) is 0 Å². The van der Waals surface area contributed by atoms with E-state index in [0.29, 0.717) is 17.1 Å². The predicted octanol–water partition coefficient (Wildman–Crippen LogP) is 2.39. The summed E-state index contributed by atoms with van der Waals surface area (Å²) in [4.78, 5) is 19.6. The number of halogens is 1. The molecule has 1 amide bonds. The third kappa shape index (κ3) is 2.95. The maximum atomic E-state index is 11.8. The predicted molar refractivity (Wildman–Crippen MR) is 68.0 cm³/mol. The Balaban J connectivity index is 2.09. The van der Waals surface area contributed by atoms with Gasteiger partial charge in [-0.2, -0.15) is 0 Å². The minimum atomic E-state index is -0.269. The van der Waals surface area contributed by atoms with Gasteiger partial charge in [-0.3, -0.25) is 4.79 Å². The van der Waals surface area contributed by atoms with Gasteiger partial charge in [0.1, 0.15) is 10.9 Å². The van der Waals surface area contributed by atoms with Gasteiger partial charge in [-0.25, -0.2) is 9.97 Å². The fourth-order valence-corrected chi connectivity index (χ4v) is 1.41. The molecule has 18 heavy (non-hydrogen) atoms. The Bertz CT molecular complexity index is 540. The molecule has 0 radical (unpaired) electrons. The van der Waals surface area contributed by atoms with Crippen molar-refractivity contribution in [3.05, 3.63) is 47.4 Å². The summed E-state index contributed by atoms with van der Waals surface area (Å²) < 4.78 is 5.01. The van der Waals surface area contributed by atoms with Crippen LogP contribution in [0.3, 0.4) is 0 Å². The second-order valence-corrected chi connectivity index (χ2v) is 3.79. The molecule has 0 unspecified atom stereocenters. The zero-order valence-electron chi connectivity index (χ0n) is 9.55. The third-order valence-corrected chi connectivity index (χ3v) is 2.41. The number of anilines is 1. The van der Waals surface area contributed by atoms with E-state index in [9.17, 15) is 4.79 Å². The lowest BCUT2D eigenvalue weighted by Crippen LogP contribution is -2.12. The maximum absolute atomic E-state index is 11.8. The van der Waals surface area contributed by atoms with E-state index in [-0.39, 0.29) is 11.1 Å². The van der Waals surface area contributed by atoms with Crippen LogP contribution in [0.4, 0.5) is 5.82 Å². The molecule has 1 aromatic heterocycles. The van der Waals surface area contributed by atoms with Crippen LogP contribution in [-0.2, 0) is 0 Å². The molecular formula is C12H10ClN3O2. The lowest BCUT2D eigenvalue weighted by Gasteiger charge is -2.04.